The predicted octanol–water partition coefficient (Wildman–Crippen LogP) is 0.326. The number of carbonyl (C=O) groups is 3. The molecule has 3 amide bonds. The first-order chi connectivity index (χ1) is 10.5. The average Bonchev–Trinajstić information content (AvgIpc) is 2.51. The molecule has 0 heterocycles. The number of urea groups is 1. The third-order valence-electron chi connectivity index (χ3n) is 2.29. The molecule has 0 aromatic heterocycles. The Labute approximate surface area is 127 Å². The number of ether oxygens (including phenoxy) is 2. The monoisotopic (exact) mass is 305 g/mol. The number of esters is 1. The minimum Gasteiger partial charge on any atom is -0.482 e. The molecular formula is C14H15N3O5. The summed E-state index contributed by atoms with van der Waals surface area (Å²) in [6, 6.07) is 7.45. The summed E-state index contributed by atoms with van der Waals surface area (Å²) in [7, 11) is 0. The molecule has 2 N–H and O–H groups in total. The summed E-state index contributed by atoms with van der Waals surface area (Å²) >= 11 is 0. The Morgan fingerprint density at radius 1 is 1.18 bits per heavy atom. The van der Waals surface area contributed by atoms with Crippen LogP contribution in [0.15, 0.2) is 24.3 Å². The zero-order chi connectivity index (χ0) is 16.4. The van der Waals surface area contributed by atoms with Gasteiger partial charge < -0.3 is 14.8 Å². The van der Waals surface area contributed by atoms with Crippen LogP contribution in [0.5, 0.6) is 5.75 Å². The predicted molar refractivity (Wildman–Crippen MR) is 74.8 cm³/mol. The Morgan fingerprint density at radius 2 is 1.86 bits per heavy atom. The van der Waals surface area contributed by atoms with E-state index < -0.39 is 24.5 Å². The molecule has 22 heavy (non-hydrogen) atoms. The smallest absolute Gasteiger partial charge is 0.344 e. The van der Waals surface area contributed by atoms with Gasteiger partial charge in [0.15, 0.2) is 13.2 Å². The van der Waals surface area contributed by atoms with E-state index in [-0.39, 0.29) is 6.61 Å². The minimum absolute atomic E-state index is 0.372. The van der Waals surface area contributed by atoms with Crippen LogP contribution in [0.25, 0.3) is 0 Å². The lowest BCUT2D eigenvalue weighted by Gasteiger charge is -2.07. The number of imide groups is 1. The van der Waals surface area contributed by atoms with Gasteiger partial charge in [-0.2, -0.15) is 5.26 Å². The highest BCUT2D eigenvalue weighted by molar-refractivity contribution is 5.95. The molecule has 0 spiro atoms. The van der Waals surface area contributed by atoms with Crippen LogP contribution in [-0.2, 0) is 14.3 Å². The average molecular weight is 305 g/mol. The highest BCUT2D eigenvalue weighted by Gasteiger charge is 2.10. The van der Waals surface area contributed by atoms with Gasteiger partial charge >= 0.3 is 12.0 Å². The third-order valence-corrected chi connectivity index (χ3v) is 2.29. The summed E-state index contributed by atoms with van der Waals surface area (Å²) in [6.45, 7) is 1.11. The number of nitrogens with one attached hydrogen (secondary N) is 2. The second kappa shape index (κ2) is 8.97. The van der Waals surface area contributed by atoms with Gasteiger partial charge in [0.25, 0.3) is 5.91 Å². The number of hydrogen-bond acceptors (Lipinski definition) is 6. The van der Waals surface area contributed by atoms with Crippen LogP contribution in [0.2, 0.25) is 0 Å². The second-order valence-electron chi connectivity index (χ2n) is 3.99. The first-order valence-corrected chi connectivity index (χ1v) is 6.41. The Kier molecular flexibility index (Phi) is 6.92. The number of nitriles is 1. The van der Waals surface area contributed by atoms with E-state index in [0.29, 0.717) is 17.9 Å². The van der Waals surface area contributed by atoms with Gasteiger partial charge in [0.2, 0.25) is 0 Å². The molecule has 0 atom stereocenters. The number of amides is 3. The van der Waals surface area contributed by atoms with Crippen LogP contribution in [-0.4, -0.2) is 37.7 Å². The summed E-state index contributed by atoms with van der Waals surface area (Å²) in [5.74, 6) is -1.10. The summed E-state index contributed by atoms with van der Waals surface area (Å²) in [5.41, 5.74) is 0.469. The molecular weight excluding hydrogens is 290 g/mol. The van der Waals surface area contributed by atoms with Gasteiger partial charge in [0.1, 0.15) is 5.75 Å². The molecule has 8 heteroatoms. The van der Waals surface area contributed by atoms with E-state index in [4.69, 9.17) is 10.00 Å². The Bertz CT molecular complexity index is 577. The molecule has 0 aliphatic rings. The van der Waals surface area contributed by atoms with Crippen LogP contribution in [0.1, 0.15) is 12.5 Å². The van der Waals surface area contributed by atoms with Gasteiger partial charge in [0, 0.05) is 6.54 Å². The molecule has 0 aliphatic heterocycles. The third kappa shape index (κ3) is 6.38. The van der Waals surface area contributed by atoms with Gasteiger partial charge in [-0.15, -0.1) is 0 Å². The molecule has 0 fully saturated rings. The number of benzene rings is 1. The lowest BCUT2D eigenvalue weighted by atomic mass is 10.2. The largest absolute Gasteiger partial charge is 0.482 e. The first-order valence-electron chi connectivity index (χ1n) is 6.41. The van der Waals surface area contributed by atoms with Crippen molar-refractivity contribution in [2.24, 2.45) is 0 Å². The maximum Gasteiger partial charge on any atom is 0.344 e. The molecule has 0 radical (unpaired) electrons. The number of hydrogen-bond donors (Lipinski definition) is 2. The van der Waals surface area contributed by atoms with Crippen molar-refractivity contribution in [2.75, 3.05) is 19.8 Å². The molecule has 1 aromatic rings. The lowest BCUT2D eigenvalue weighted by Crippen LogP contribution is -2.41. The lowest BCUT2D eigenvalue weighted by molar-refractivity contribution is -0.150. The molecule has 116 valence electrons. The molecule has 0 unspecified atom stereocenters. The van der Waals surface area contributed by atoms with Gasteiger partial charge in [-0.05, 0) is 31.2 Å². The van der Waals surface area contributed by atoms with E-state index >= 15 is 0 Å². The highest BCUT2D eigenvalue weighted by Crippen LogP contribution is 2.11. The van der Waals surface area contributed by atoms with Crippen molar-refractivity contribution < 1.29 is 23.9 Å². The maximum atomic E-state index is 11.4. The van der Waals surface area contributed by atoms with Crippen molar-refractivity contribution in [3.8, 4) is 11.8 Å². The molecule has 1 aromatic carbocycles. The van der Waals surface area contributed by atoms with Gasteiger partial charge in [0.05, 0.1) is 11.6 Å². The molecule has 8 nitrogen and oxygen atoms in total. The SMILES string of the molecule is CCNC(=O)NC(=O)COC(=O)COc1ccc(C#N)cc1. The van der Waals surface area contributed by atoms with Gasteiger partial charge in [-0.25, -0.2) is 9.59 Å². The van der Waals surface area contributed by atoms with Crippen LogP contribution in [0.3, 0.4) is 0 Å². The van der Waals surface area contributed by atoms with Gasteiger partial charge in [-0.1, -0.05) is 0 Å². The minimum atomic E-state index is -0.754. The Balaban J connectivity index is 2.27. The van der Waals surface area contributed by atoms with E-state index in [2.05, 4.69) is 10.1 Å². The highest BCUT2D eigenvalue weighted by atomic mass is 16.6. The van der Waals surface area contributed by atoms with Crippen LogP contribution in [0, 0.1) is 11.3 Å². The quantitative estimate of drug-likeness (QED) is 0.731. The van der Waals surface area contributed by atoms with Crippen molar-refractivity contribution in [3.05, 3.63) is 29.8 Å². The van der Waals surface area contributed by atoms with E-state index in [1.54, 1.807) is 19.1 Å². The number of rotatable bonds is 6. The number of nitrogens with zero attached hydrogens (tertiary/aromatic N) is 1. The normalized spacial score (nSPS) is 9.27. The second-order valence-corrected chi connectivity index (χ2v) is 3.99. The molecule has 0 aliphatic carbocycles. The zero-order valence-corrected chi connectivity index (χ0v) is 11.9. The van der Waals surface area contributed by atoms with E-state index in [1.165, 1.54) is 12.1 Å². The fourth-order valence-electron chi connectivity index (χ4n) is 1.32. The zero-order valence-electron chi connectivity index (χ0n) is 11.9. The van der Waals surface area contributed by atoms with E-state index in [0.717, 1.165) is 0 Å². The Hall–Kier alpha value is -3.08. The Morgan fingerprint density at radius 3 is 2.45 bits per heavy atom. The number of carbonyl (C=O) groups excluding carboxylic acids is 3. The molecule has 0 bridgehead atoms. The summed E-state index contributed by atoms with van der Waals surface area (Å²) in [4.78, 5) is 33.7. The fourth-order valence-corrected chi connectivity index (χ4v) is 1.32. The van der Waals surface area contributed by atoms with Gasteiger partial charge in [-0.3, -0.25) is 10.1 Å². The first kappa shape index (κ1) is 17.0. The van der Waals surface area contributed by atoms with E-state index in [1.807, 2.05) is 11.4 Å². The summed E-state index contributed by atoms with van der Waals surface area (Å²) in [6.07, 6.45) is 0. The summed E-state index contributed by atoms with van der Waals surface area (Å²) in [5, 5.41) is 13.0. The van der Waals surface area contributed by atoms with Crippen LogP contribution >= 0.6 is 0 Å². The van der Waals surface area contributed by atoms with Crippen molar-refractivity contribution in [1.29, 1.82) is 5.26 Å². The molecule has 1 rings (SSSR count). The van der Waals surface area contributed by atoms with E-state index in [9.17, 15) is 14.4 Å². The topological polar surface area (TPSA) is 118 Å². The maximum absolute atomic E-state index is 11.4. The van der Waals surface area contributed by atoms with Crippen LogP contribution in [0.4, 0.5) is 4.79 Å². The molecule has 0 saturated heterocycles. The van der Waals surface area contributed by atoms with Crippen molar-refractivity contribution >= 4 is 17.9 Å². The fraction of sp³-hybridized carbons (Fsp3) is 0.286. The summed E-state index contributed by atoms with van der Waals surface area (Å²) < 4.78 is 9.77. The van der Waals surface area contributed by atoms with Crippen molar-refractivity contribution in [3.63, 3.8) is 0 Å². The molecule has 0 saturated carbocycles. The van der Waals surface area contributed by atoms with Crippen LogP contribution < -0.4 is 15.4 Å². The van der Waals surface area contributed by atoms with Crippen molar-refractivity contribution in [2.45, 2.75) is 6.92 Å². The standard InChI is InChI=1S/C14H15N3O5/c1-2-16-14(20)17-12(18)8-22-13(19)9-21-11-5-3-10(7-15)4-6-11/h3-6H,2,8-9H2,1H3,(H2,16,17,18,20). The van der Waals surface area contributed by atoms with Crippen molar-refractivity contribution in [1.82, 2.24) is 10.6 Å².